The van der Waals surface area contributed by atoms with Crippen LogP contribution >= 0.6 is 11.3 Å². The van der Waals surface area contributed by atoms with E-state index in [2.05, 4.69) is 0 Å². The number of nitrogens with zero attached hydrogens (tertiary/aromatic N) is 1. The Morgan fingerprint density at radius 3 is 2.81 bits per heavy atom. The Kier molecular flexibility index (Phi) is 4.88. The summed E-state index contributed by atoms with van der Waals surface area (Å²) in [4.78, 5) is 0.989. The minimum atomic E-state index is -3.43. The highest BCUT2D eigenvalue weighted by molar-refractivity contribution is 7.89. The Balaban J connectivity index is 2.93. The van der Waals surface area contributed by atoms with Gasteiger partial charge < -0.3 is 10.5 Å². The van der Waals surface area contributed by atoms with Crippen molar-refractivity contribution in [1.82, 2.24) is 4.31 Å². The van der Waals surface area contributed by atoms with Crippen molar-refractivity contribution in [3.05, 3.63) is 16.3 Å². The fourth-order valence-electron chi connectivity index (χ4n) is 1.22. The molecule has 5 nitrogen and oxygen atoms in total. The third-order valence-electron chi connectivity index (χ3n) is 2.19. The lowest BCUT2D eigenvalue weighted by Gasteiger charge is -2.16. The van der Waals surface area contributed by atoms with E-state index in [4.69, 9.17) is 10.5 Å². The Hall–Kier alpha value is -0.470. The molecule has 1 aromatic rings. The van der Waals surface area contributed by atoms with Crippen LogP contribution in [0.1, 0.15) is 4.88 Å². The molecule has 0 fully saturated rings. The minimum absolute atomic E-state index is 0.240. The largest absolute Gasteiger partial charge is 0.383 e. The van der Waals surface area contributed by atoms with Crippen LogP contribution in [0.15, 0.2) is 16.3 Å². The van der Waals surface area contributed by atoms with Gasteiger partial charge in [-0.3, -0.25) is 0 Å². The summed E-state index contributed by atoms with van der Waals surface area (Å²) in [6.45, 7) is 0.945. The molecule has 0 saturated heterocycles. The molecule has 1 rings (SSSR count). The second-order valence-electron chi connectivity index (χ2n) is 3.23. The van der Waals surface area contributed by atoms with E-state index in [-0.39, 0.29) is 6.54 Å². The van der Waals surface area contributed by atoms with Crippen LogP contribution < -0.4 is 5.73 Å². The molecule has 7 heteroatoms. The van der Waals surface area contributed by atoms with Crippen LogP contribution in [0.2, 0.25) is 0 Å². The van der Waals surface area contributed by atoms with E-state index in [1.165, 1.54) is 29.8 Å². The lowest BCUT2D eigenvalue weighted by atomic mass is 10.5. The Labute approximate surface area is 99.9 Å². The van der Waals surface area contributed by atoms with Crippen molar-refractivity contribution in [3.63, 3.8) is 0 Å². The third kappa shape index (κ3) is 2.80. The SMILES string of the molecule is COCCN(C)S(=O)(=O)c1ccsc1CN. The van der Waals surface area contributed by atoms with E-state index in [0.717, 1.165) is 0 Å². The van der Waals surface area contributed by atoms with E-state index in [9.17, 15) is 8.42 Å². The number of methoxy groups -OCH3 is 1. The molecule has 0 unspecified atom stereocenters. The highest BCUT2D eigenvalue weighted by Crippen LogP contribution is 2.23. The molecular weight excluding hydrogens is 248 g/mol. The molecule has 0 aliphatic rings. The number of hydrogen-bond donors (Lipinski definition) is 1. The number of rotatable bonds is 6. The highest BCUT2D eigenvalue weighted by Gasteiger charge is 2.23. The first-order valence-electron chi connectivity index (χ1n) is 4.75. The van der Waals surface area contributed by atoms with E-state index >= 15 is 0 Å². The van der Waals surface area contributed by atoms with Crippen LogP contribution in [-0.4, -0.2) is 40.0 Å². The van der Waals surface area contributed by atoms with Gasteiger partial charge >= 0.3 is 0 Å². The maximum Gasteiger partial charge on any atom is 0.244 e. The molecule has 0 aliphatic carbocycles. The zero-order valence-electron chi connectivity index (χ0n) is 9.34. The van der Waals surface area contributed by atoms with Crippen LogP contribution in [0, 0.1) is 0 Å². The average Bonchev–Trinajstić information content (AvgIpc) is 2.74. The van der Waals surface area contributed by atoms with E-state index in [0.29, 0.717) is 22.9 Å². The molecule has 0 atom stereocenters. The van der Waals surface area contributed by atoms with Crippen molar-refractivity contribution in [3.8, 4) is 0 Å². The predicted octanol–water partition coefficient (Wildman–Crippen LogP) is 0.474. The smallest absolute Gasteiger partial charge is 0.244 e. The maximum absolute atomic E-state index is 12.1. The van der Waals surface area contributed by atoms with Crippen molar-refractivity contribution >= 4 is 21.4 Å². The van der Waals surface area contributed by atoms with Crippen LogP contribution in [0.5, 0.6) is 0 Å². The van der Waals surface area contributed by atoms with Crippen LogP contribution in [0.3, 0.4) is 0 Å². The lowest BCUT2D eigenvalue weighted by Crippen LogP contribution is -2.30. The number of likely N-dealkylation sites (N-methyl/N-ethyl adjacent to an activating group) is 1. The monoisotopic (exact) mass is 264 g/mol. The fourth-order valence-corrected chi connectivity index (χ4v) is 3.67. The zero-order valence-corrected chi connectivity index (χ0v) is 11.0. The first kappa shape index (κ1) is 13.6. The van der Waals surface area contributed by atoms with Gasteiger partial charge in [0.1, 0.15) is 0 Å². The summed E-state index contributed by atoms with van der Waals surface area (Å²) in [5, 5.41) is 1.74. The van der Waals surface area contributed by atoms with Gasteiger partial charge in [0.15, 0.2) is 0 Å². The topological polar surface area (TPSA) is 72.6 Å². The van der Waals surface area contributed by atoms with Crippen LogP contribution in [0.4, 0.5) is 0 Å². The second kappa shape index (κ2) is 5.74. The van der Waals surface area contributed by atoms with Gasteiger partial charge in [0.25, 0.3) is 0 Å². The molecule has 0 bridgehead atoms. The van der Waals surface area contributed by atoms with Gasteiger partial charge in [-0.15, -0.1) is 11.3 Å². The van der Waals surface area contributed by atoms with Crippen molar-refractivity contribution in [1.29, 1.82) is 0 Å². The Morgan fingerprint density at radius 1 is 1.56 bits per heavy atom. The maximum atomic E-state index is 12.1. The fraction of sp³-hybridized carbons (Fsp3) is 0.556. The number of nitrogens with two attached hydrogens (primary N) is 1. The zero-order chi connectivity index (χ0) is 12.2. The highest BCUT2D eigenvalue weighted by atomic mass is 32.2. The van der Waals surface area contributed by atoms with Gasteiger partial charge in [-0.1, -0.05) is 0 Å². The number of ether oxygens (including phenoxy) is 1. The van der Waals surface area contributed by atoms with E-state index in [1.807, 2.05) is 0 Å². The summed E-state index contributed by atoms with van der Waals surface area (Å²) in [7, 11) is -0.355. The van der Waals surface area contributed by atoms with Gasteiger partial charge in [0.05, 0.1) is 11.5 Å². The molecular formula is C9H16N2O3S2. The number of thiophene rings is 1. The standard InChI is InChI=1S/C9H16N2O3S2/c1-11(4-5-14-2)16(12,13)9-3-6-15-8(9)7-10/h3,6H,4-5,7,10H2,1-2H3. The van der Waals surface area contributed by atoms with Gasteiger partial charge in [-0.05, 0) is 11.4 Å². The summed E-state index contributed by atoms with van der Waals surface area (Å²) in [6.07, 6.45) is 0. The molecule has 0 aromatic carbocycles. The van der Waals surface area contributed by atoms with E-state index in [1.54, 1.807) is 11.4 Å². The molecule has 2 N–H and O–H groups in total. The molecule has 0 amide bonds. The lowest BCUT2D eigenvalue weighted by molar-refractivity contribution is 0.185. The predicted molar refractivity (Wildman–Crippen MR) is 63.9 cm³/mol. The molecule has 1 heterocycles. The third-order valence-corrected chi connectivity index (χ3v) is 5.20. The quantitative estimate of drug-likeness (QED) is 0.811. The summed E-state index contributed by atoms with van der Waals surface area (Å²) >= 11 is 1.36. The molecule has 0 spiro atoms. The summed E-state index contributed by atoms with van der Waals surface area (Å²) in [5.74, 6) is 0. The van der Waals surface area contributed by atoms with Crippen molar-refractivity contribution < 1.29 is 13.2 Å². The van der Waals surface area contributed by atoms with Crippen LogP contribution in [0.25, 0.3) is 0 Å². The number of sulfonamides is 1. The molecule has 1 aromatic heterocycles. The number of hydrogen-bond acceptors (Lipinski definition) is 5. The van der Waals surface area contributed by atoms with Gasteiger partial charge in [-0.25, -0.2) is 8.42 Å². The first-order chi connectivity index (χ1) is 7.54. The Bertz CT molecular complexity index is 428. The summed E-state index contributed by atoms with van der Waals surface area (Å²) in [5.41, 5.74) is 5.49. The van der Waals surface area contributed by atoms with Crippen molar-refractivity contribution in [2.75, 3.05) is 27.3 Å². The molecule has 16 heavy (non-hydrogen) atoms. The Morgan fingerprint density at radius 2 is 2.25 bits per heavy atom. The normalized spacial score (nSPS) is 12.2. The molecule has 0 aliphatic heterocycles. The average molecular weight is 264 g/mol. The summed E-state index contributed by atoms with van der Waals surface area (Å²) in [6, 6.07) is 1.59. The van der Waals surface area contributed by atoms with Crippen molar-refractivity contribution in [2.24, 2.45) is 5.73 Å². The van der Waals surface area contributed by atoms with Gasteiger partial charge in [0, 0.05) is 32.1 Å². The molecule has 92 valence electrons. The summed E-state index contributed by atoms with van der Waals surface area (Å²) < 4.78 is 30.3. The molecule has 0 saturated carbocycles. The minimum Gasteiger partial charge on any atom is -0.383 e. The van der Waals surface area contributed by atoms with Crippen LogP contribution in [-0.2, 0) is 21.3 Å². The van der Waals surface area contributed by atoms with E-state index < -0.39 is 10.0 Å². The first-order valence-corrected chi connectivity index (χ1v) is 7.07. The van der Waals surface area contributed by atoms with Gasteiger partial charge in [-0.2, -0.15) is 4.31 Å². The van der Waals surface area contributed by atoms with Gasteiger partial charge in [0.2, 0.25) is 10.0 Å². The second-order valence-corrected chi connectivity index (χ2v) is 6.25. The van der Waals surface area contributed by atoms with Crippen molar-refractivity contribution in [2.45, 2.75) is 11.4 Å². The molecule has 0 radical (unpaired) electrons.